The van der Waals surface area contributed by atoms with E-state index in [1.807, 2.05) is 31.2 Å². The molecule has 0 spiro atoms. The van der Waals surface area contributed by atoms with E-state index in [9.17, 15) is 18.0 Å². The van der Waals surface area contributed by atoms with Crippen LogP contribution in [0, 0.1) is 6.92 Å². The molecule has 27 heavy (non-hydrogen) atoms. The fourth-order valence-electron chi connectivity index (χ4n) is 2.26. The van der Waals surface area contributed by atoms with Crippen molar-refractivity contribution in [2.75, 3.05) is 6.61 Å². The highest BCUT2D eigenvalue weighted by Gasteiger charge is 2.27. The Bertz CT molecular complexity index is 719. The molecule has 2 aromatic rings. The van der Waals surface area contributed by atoms with E-state index in [0.717, 1.165) is 16.7 Å². The summed E-state index contributed by atoms with van der Waals surface area (Å²) in [7, 11) is 0. The minimum absolute atomic E-state index is 0. The molecule has 2 rings (SSSR count). The van der Waals surface area contributed by atoms with Crippen molar-refractivity contribution in [2.45, 2.75) is 32.3 Å². The van der Waals surface area contributed by atoms with Crippen molar-refractivity contribution in [3.05, 3.63) is 70.8 Å². The first kappa shape index (κ1) is 23.0. The molecule has 148 valence electrons. The quantitative estimate of drug-likeness (QED) is 0.740. The molecule has 3 N–H and O–H groups in total. The Kier molecular flexibility index (Phi) is 8.75. The summed E-state index contributed by atoms with van der Waals surface area (Å²) in [5, 5.41) is 2.75. The van der Waals surface area contributed by atoms with Gasteiger partial charge in [0.2, 0.25) is 5.91 Å². The predicted octanol–water partition coefficient (Wildman–Crippen LogP) is 3.81. The second-order valence-electron chi connectivity index (χ2n) is 6.03. The van der Waals surface area contributed by atoms with Crippen molar-refractivity contribution in [3.63, 3.8) is 0 Å². The first-order valence-corrected chi connectivity index (χ1v) is 8.07. The van der Waals surface area contributed by atoms with E-state index in [0.29, 0.717) is 5.56 Å². The van der Waals surface area contributed by atoms with E-state index in [1.165, 1.54) is 0 Å². The molecule has 0 aromatic heterocycles. The van der Waals surface area contributed by atoms with Gasteiger partial charge in [-0.2, -0.15) is 13.2 Å². The zero-order chi connectivity index (χ0) is 19.2. The molecule has 0 radical (unpaired) electrons. The van der Waals surface area contributed by atoms with Crippen LogP contribution in [-0.2, 0) is 22.7 Å². The van der Waals surface area contributed by atoms with Gasteiger partial charge in [0.25, 0.3) is 0 Å². The molecule has 0 bridgehead atoms. The largest absolute Gasteiger partial charge is 0.411 e. The molecular formula is C19H22ClF3N2O2. The van der Waals surface area contributed by atoms with Gasteiger partial charge in [-0.05, 0) is 23.6 Å². The molecule has 0 heterocycles. The van der Waals surface area contributed by atoms with Crippen LogP contribution in [-0.4, -0.2) is 18.7 Å². The number of benzene rings is 2. The molecule has 0 saturated heterocycles. The maximum atomic E-state index is 12.1. The lowest BCUT2D eigenvalue weighted by Gasteiger charge is -2.13. The van der Waals surface area contributed by atoms with Crippen LogP contribution in [0.1, 0.15) is 28.3 Å². The fraction of sp³-hybridized carbons (Fsp3) is 0.316. The molecule has 0 aliphatic heterocycles. The van der Waals surface area contributed by atoms with Crippen LogP contribution in [0.5, 0.6) is 0 Å². The van der Waals surface area contributed by atoms with Gasteiger partial charge in [-0.25, -0.2) is 0 Å². The van der Waals surface area contributed by atoms with Gasteiger partial charge >= 0.3 is 6.18 Å². The lowest BCUT2D eigenvalue weighted by Crippen LogP contribution is -2.33. The number of amides is 1. The average Bonchev–Trinajstić information content (AvgIpc) is 2.60. The maximum absolute atomic E-state index is 12.1. The summed E-state index contributed by atoms with van der Waals surface area (Å²) in [6, 6.07) is 13.4. The first-order valence-electron chi connectivity index (χ1n) is 8.07. The molecule has 2 aromatic carbocycles. The predicted molar refractivity (Wildman–Crippen MR) is 99.4 cm³/mol. The van der Waals surface area contributed by atoms with Crippen molar-refractivity contribution in [1.82, 2.24) is 5.32 Å². The van der Waals surface area contributed by atoms with Crippen LogP contribution in [0.3, 0.4) is 0 Å². The molecule has 1 unspecified atom stereocenters. The van der Waals surface area contributed by atoms with Gasteiger partial charge < -0.3 is 15.8 Å². The van der Waals surface area contributed by atoms with E-state index in [2.05, 4.69) is 10.1 Å². The summed E-state index contributed by atoms with van der Waals surface area (Å²) in [5.74, 6) is -0.300. The number of alkyl halides is 3. The lowest BCUT2D eigenvalue weighted by molar-refractivity contribution is -0.176. The minimum Gasteiger partial charge on any atom is -0.367 e. The number of hydrogen-bond acceptors (Lipinski definition) is 3. The number of rotatable bonds is 7. The number of carbonyl (C=O) groups is 1. The maximum Gasteiger partial charge on any atom is 0.411 e. The van der Waals surface area contributed by atoms with E-state index >= 15 is 0 Å². The van der Waals surface area contributed by atoms with E-state index in [-0.39, 0.29) is 31.5 Å². The van der Waals surface area contributed by atoms with Crippen molar-refractivity contribution in [1.29, 1.82) is 0 Å². The van der Waals surface area contributed by atoms with Crippen molar-refractivity contribution in [2.24, 2.45) is 5.73 Å². The summed E-state index contributed by atoms with van der Waals surface area (Å²) in [4.78, 5) is 12.1. The highest BCUT2D eigenvalue weighted by molar-refractivity contribution is 5.85. The zero-order valence-corrected chi connectivity index (χ0v) is 15.6. The van der Waals surface area contributed by atoms with E-state index in [4.69, 9.17) is 5.73 Å². The number of hydrogen-bond donors (Lipinski definition) is 2. The average molecular weight is 403 g/mol. The Hall–Kier alpha value is -2.09. The molecular weight excluding hydrogens is 381 g/mol. The minimum atomic E-state index is -4.33. The zero-order valence-electron chi connectivity index (χ0n) is 14.8. The molecule has 1 amide bonds. The Morgan fingerprint density at radius 2 is 1.63 bits per heavy atom. The third kappa shape index (κ3) is 7.99. The van der Waals surface area contributed by atoms with Crippen molar-refractivity contribution < 1.29 is 22.7 Å². The number of ether oxygens (including phenoxy) is 1. The van der Waals surface area contributed by atoms with Crippen molar-refractivity contribution in [3.8, 4) is 0 Å². The van der Waals surface area contributed by atoms with Gasteiger partial charge in [0.15, 0.2) is 0 Å². The molecule has 0 fully saturated rings. The first-order chi connectivity index (χ1) is 12.2. The Morgan fingerprint density at radius 1 is 1.07 bits per heavy atom. The third-order valence-corrected chi connectivity index (χ3v) is 3.74. The fourth-order valence-corrected chi connectivity index (χ4v) is 2.26. The lowest BCUT2D eigenvalue weighted by atomic mass is 10.1. The monoisotopic (exact) mass is 402 g/mol. The smallest absolute Gasteiger partial charge is 0.367 e. The second kappa shape index (κ2) is 10.3. The molecule has 0 aliphatic carbocycles. The van der Waals surface area contributed by atoms with E-state index in [1.54, 1.807) is 24.3 Å². The van der Waals surface area contributed by atoms with Gasteiger partial charge in [0.1, 0.15) is 12.6 Å². The van der Waals surface area contributed by atoms with Gasteiger partial charge in [-0.15, -0.1) is 12.4 Å². The van der Waals surface area contributed by atoms with Crippen LogP contribution >= 0.6 is 12.4 Å². The van der Waals surface area contributed by atoms with Crippen LogP contribution in [0.25, 0.3) is 0 Å². The second-order valence-corrected chi connectivity index (χ2v) is 6.03. The van der Waals surface area contributed by atoms with Crippen LogP contribution in [0.15, 0.2) is 48.5 Å². The highest BCUT2D eigenvalue weighted by atomic mass is 35.5. The number of carbonyl (C=O) groups excluding carboxylic acids is 1. The van der Waals surface area contributed by atoms with Crippen LogP contribution in [0.2, 0.25) is 0 Å². The van der Waals surface area contributed by atoms with Gasteiger partial charge in [0, 0.05) is 6.54 Å². The topological polar surface area (TPSA) is 64.4 Å². The van der Waals surface area contributed by atoms with Crippen LogP contribution < -0.4 is 11.1 Å². The summed E-state index contributed by atoms with van der Waals surface area (Å²) in [5.41, 5.74) is 9.20. The van der Waals surface area contributed by atoms with Gasteiger partial charge in [-0.1, -0.05) is 54.1 Å². The molecule has 1 atom stereocenters. The molecule has 0 saturated carbocycles. The molecule has 8 heteroatoms. The summed E-state index contributed by atoms with van der Waals surface area (Å²) in [6.45, 7) is 0.835. The number of aryl methyl sites for hydroxylation is 1. The third-order valence-electron chi connectivity index (χ3n) is 3.74. The SMILES string of the molecule is Cc1ccc(C(N)C(=O)NCc2ccc(COCC(F)(F)F)cc2)cc1.Cl. The summed E-state index contributed by atoms with van der Waals surface area (Å²) >= 11 is 0. The Labute approximate surface area is 162 Å². The molecule has 4 nitrogen and oxygen atoms in total. The van der Waals surface area contributed by atoms with Gasteiger partial charge in [-0.3, -0.25) is 4.79 Å². The number of nitrogens with two attached hydrogens (primary N) is 1. The van der Waals surface area contributed by atoms with Crippen molar-refractivity contribution >= 4 is 18.3 Å². The standard InChI is InChI=1S/C19H21F3N2O2.ClH/c1-13-2-8-16(9-3-13)17(23)18(25)24-10-14-4-6-15(7-5-14)11-26-12-19(20,21)22;/h2-9,17H,10-12,23H2,1H3,(H,24,25);1H. The normalized spacial score (nSPS) is 12.2. The van der Waals surface area contributed by atoms with Crippen LogP contribution in [0.4, 0.5) is 13.2 Å². The van der Waals surface area contributed by atoms with E-state index < -0.39 is 18.8 Å². The summed E-state index contributed by atoms with van der Waals surface area (Å²) < 4.78 is 40.7. The number of halogens is 4. The molecule has 0 aliphatic rings. The Morgan fingerprint density at radius 3 is 2.19 bits per heavy atom. The highest BCUT2D eigenvalue weighted by Crippen LogP contribution is 2.16. The number of nitrogens with one attached hydrogen (secondary N) is 1. The van der Waals surface area contributed by atoms with Gasteiger partial charge in [0.05, 0.1) is 6.61 Å². The Balaban J connectivity index is 0.00000364. The summed E-state index contributed by atoms with van der Waals surface area (Å²) in [6.07, 6.45) is -4.33.